The molecule has 9 heteroatoms. The van der Waals surface area contributed by atoms with E-state index >= 15 is 0 Å². The molecular weight excluding hydrogens is 470 g/mol. The van der Waals surface area contributed by atoms with E-state index in [1.54, 1.807) is 24.1 Å². The molecule has 0 bridgehead atoms. The predicted octanol–water partition coefficient (Wildman–Crippen LogP) is 5.20. The van der Waals surface area contributed by atoms with Gasteiger partial charge in [-0.1, -0.05) is 24.6 Å². The van der Waals surface area contributed by atoms with Crippen LogP contribution in [0.3, 0.4) is 0 Å². The summed E-state index contributed by atoms with van der Waals surface area (Å²) in [6.45, 7) is 6.03. The minimum atomic E-state index is -0.444. The lowest BCUT2D eigenvalue weighted by atomic mass is 9.95. The molecule has 2 aromatic carbocycles. The van der Waals surface area contributed by atoms with Crippen LogP contribution in [-0.2, 0) is 4.74 Å². The van der Waals surface area contributed by atoms with Crippen LogP contribution in [0.25, 0.3) is 11.3 Å². The smallest absolute Gasteiger partial charge is 0.273 e. The zero-order valence-electron chi connectivity index (χ0n) is 20.1. The molecular formula is C26H30ClN3O5. The molecule has 8 nitrogen and oxygen atoms in total. The highest BCUT2D eigenvalue weighted by atomic mass is 35.5. The summed E-state index contributed by atoms with van der Waals surface area (Å²) in [7, 11) is 1.64. The summed E-state index contributed by atoms with van der Waals surface area (Å²) >= 11 is 6.22. The molecule has 1 unspecified atom stereocenters. The third-order valence-electron chi connectivity index (χ3n) is 5.87. The van der Waals surface area contributed by atoms with Crippen LogP contribution in [0.15, 0.2) is 36.4 Å². The first-order valence-corrected chi connectivity index (χ1v) is 12.1. The van der Waals surface area contributed by atoms with Crippen LogP contribution < -0.4 is 9.47 Å². The van der Waals surface area contributed by atoms with Crippen molar-refractivity contribution in [2.75, 3.05) is 33.5 Å². The van der Waals surface area contributed by atoms with Crippen LogP contribution in [0.5, 0.6) is 17.2 Å². The quantitative estimate of drug-likeness (QED) is 0.352. The fourth-order valence-electron chi connectivity index (χ4n) is 4.35. The first-order chi connectivity index (χ1) is 17.0. The molecule has 1 aliphatic heterocycles. The third-order valence-corrected chi connectivity index (χ3v) is 6.11. The Bertz CT molecular complexity index is 1200. The van der Waals surface area contributed by atoms with Crippen molar-refractivity contribution in [3.8, 4) is 28.5 Å². The van der Waals surface area contributed by atoms with Gasteiger partial charge in [0.15, 0.2) is 11.5 Å². The van der Waals surface area contributed by atoms with Crippen LogP contribution >= 0.6 is 11.6 Å². The number of benzene rings is 2. The lowest BCUT2D eigenvalue weighted by Gasteiger charge is -2.27. The number of ether oxygens (including phenoxy) is 3. The number of phenols is 1. The van der Waals surface area contributed by atoms with Crippen LogP contribution in [0.4, 0.5) is 0 Å². The van der Waals surface area contributed by atoms with E-state index in [4.69, 9.17) is 25.8 Å². The second-order valence-electron chi connectivity index (χ2n) is 8.26. The minimum absolute atomic E-state index is 0.0334. The molecule has 3 aromatic rings. The third kappa shape index (κ3) is 4.94. The number of amides is 1. The summed E-state index contributed by atoms with van der Waals surface area (Å²) in [4.78, 5) is 15.3. The minimum Gasteiger partial charge on any atom is -0.507 e. The monoisotopic (exact) mass is 499 g/mol. The normalized spacial score (nSPS) is 14.9. The van der Waals surface area contributed by atoms with Gasteiger partial charge in [-0.3, -0.25) is 9.89 Å². The fraction of sp³-hybridized carbons (Fsp3) is 0.385. The Balaban J connectivity index is 1.84. The molecule has 0 radical (unpaired) electrons. The molecule has 35 heavy (non-hydrogen) atoms. The Hall–Kier alpha value is -3.23. The van der Waals surface area contributed by atoms with Crippen molar-refractivity contribution in [1.82, 2.24) is 15.1 Å². The van der Waals surface area contributed by atoms with E-state index in [0.717, 1.165) is 12.0 Å². The van der Waals surface area contributed by atoms with Gasteiger partial charge in [-0.15, -0.1) is 0 Å². The van der Waals surface area contributed by atoms with Crippen molar-refractivity contribution in [3.05, 3.63) is 58.2 Å². The van der Waals surface area contributed by atoms with Gasteiger partial charge in [0.1, 0.15) is 17.1 Å². The first-order valence-electron chi connectivity index (χ1n) is 11.8. The van der Waals surface area contributed by atoms with E-state index in [2.05, 4.69) is 10.2 Å². The average molecular weight is 500 g/mol. The Kier molecular flexibility index (Phi) is 7.83. The number of fused-ring (bicyclic) bond motifs is 1. The Morgan fingerprint density at radius 1 is 1.11 bits per heavy atom. The molecule has 2 heterocycles. The van der Waals surface area contributed by atoms with E-state index in [1.165, 1.54) is 6.07 Å². The van der Waals surface area contributed by atoms with Gasteiger partial charge in [-0.2, -0.15) is 5.10 Å². The number of aromatic amines is 1. The van der Waals surface area contributed by atoms with Gasteiger partial charge in [0.25, 0.3) is 5.91 Å². The number of nitrogens with zero attached hydrogens (tertiary/aromatic N) is 2. The SMILES string of the molecule is CCCOc1ccc(C2c3c(-c4cc(Cl)ccc4O)n[nH]c3C(=O)N2CCCOC)cc1OCC. The fourth-order valence-corrected chi connectivity index (χ4v) is 4.52. The van der Waals surface area contributed by atoms with Gasteiger partial charge in [0.05, 0.1) is 19.3 Å². The molecule has 1 atom stereocenters. The summed E-state index contributed by atoms with van der Waals surface area (Å²) in [6, 6.07) is 10.1. The maximum Gasteiger partial charge on any atom is 0.273 e. The molecule has 186 valence electrons. The number of halogens is 1. The summed E-state index contributed by atoms with van der Waals surface area (Å²) in [5.74, 6) is 1.15. The highest BCUT2D eigenvalue weighted by Crippen LogP contribution is 2.46. The summed E-state index contributed by atoms with van der Waals surface area (Å²) in [6.07, 6.45) is 1.55. The molecule has 0 fully saturated rings. The Morgan fingerprint density at radius 2 is 1.94 bits per heavy atom. The molecule has 4 rings (SSSR count). The summed E-state index contributed by atoms with van der Waals surface area (Å²) < 4.78 is 17.0. The van der Waals surface area contributed by atoms with Crippen molar-refractivity contribution in [2.24, 2.45) is 0 Å². The van der Waals surface area contributed by atoms with Gasteiger partial charge in [-0.05, 0) is 55.7 Å². The average Bonchev–Trinajstić information content (AvgIpc) is 3.39. The molecule has 0 saturated heterocycles. The van der Waals surface area contributed by atoms with Gasteiger partial charge in [0, 0.05) is 36.4 Å². The lowest BCUT2D eigenvalue weighted by Crippen LogP contribution is -2.31. The standard InChI is InChI=1S/C26H30ClN3O5/c1-4-12-35-20-10-7-16(14-21(20)34-5-2)25-22-23(18-15-17(27)8-9-19(18)31)28-29-24(22)26(32)30(25)11-6-13-33-3/h7-10,14-15,25,31H,4-6,11-13H2,1-3H3,(H,28,29). The highest BCUT2D eigenvalue weighted by molar-refractivity contribution is 6.31. The van der Waals surface area contributed by atoms with E-state index in [1.807, 2.05) is 32.0 Å². The van der Waals surface area contributed by atoms with Gasteiger partial charge in [0.2, 0.25) is 0 Å². The molecule has 0 saturated carbocycles. The van der Waals surface area contributed by atoms with Gasteiger partial charge < -0.3 is 24.2 Å². The van der Waals surface area contributed by atoms with E-state index in [9.17, 15) is 9.90 Å². The Morgan fingerprint density at radius 3 is 2.69 bits per heavy atom. The number of hydrogen-bond donors (Lipinski definition) is 2. The first kappa shape index (κ1) is 24.9. The highest BCUT2D eigenvalue weighted by Gasteiger charge is 2.42. The lowest BCUT2D eigenvalue weighted by molar-refractivity contribution is 0.0723. The number of rotatable bonds is 11. The van der Waals surface area contributed by atoms with Crippen molar-refractivity contribution >= 4 is 17.5 Å². The number of methoxy groups -OCH3 is 1. The number of carbonyl (C=O) groups excluding carboxylic acids is 1. The molecule has 1 aromatic heterocycles. The molecule has 0 aliphatic carbocycles. The number of nitrogens with one attached hydrogen (secondary N) is 1. The molecule has 1 amide bonds. The van der Waals surface area contributed by atoms with Crippen molar-refractivity contribution in [2.45, 2.75) is 32.7 Å². The second-order valence-corrected chi connectivity index (χ2v) is 8.69. The van der Waals surface area contributed by atoms with E-state index in [0.29, 0.717) is 71.8 Å². The second kappa shape index (κ2) is 11.0. The number of aromatic nitrogens is 2. The van der Waals surface area contributed by atoms with Gasteiger partial charge >= 0.3 is 0 Å². The van der Waals surface area contributed by atoms with Crippen LogP contribution in [0.2, 0.25) is 5.02 Å². The summed E-state index contributed by atoms with van der Waals surface area (Å²) in [5, 5.41) is 18.3. The van der Waals surface area contributed by atoms with Crippen molar-refractivity contribution in [3.63, 3.8) is 0 Å². The van der Waals surface area contributed by atoms with Gasteiger partial charge in [-0.25, -0.2) is 0 Å². The van der Waals surface area contributed by atoms with Crippen molar-refractivity contribution < 1.29 is 24.1 Å². The number of carbonyl (C=O) groups is 1. The number of hydrogen-bond acceptors (Lipinski definition) is 6. The number of aromatic hydroxyl groups is 1. The zero-order chi connectivity index (χ0) is 24.9. The topological polar surface area (TPSA) is 96.9 Å². The maximum atomic E-state index is 13.5. The van der Waals surface area contributed by atoms with E-state index < -0.39 is 6.04 Å². The van der Waals surface area contributed by atoms with Crippen LogP contribution in [0, 0.1) is 0 Å². The zero-order valence-corrected chi connectivity index (χ0v) is 20.9. The summed E-state index contributed by atoms with van der Waals surface area (Å²) in [5.41, 5.74) is 2.88. The maximum absolute atomic E-state index is 13.5. The van der Waals surface area contributed by atoms with Crippen LogP contribution in [0.1, 0.15) is 54.3 Å². The van der Waals surface area contributed by atoms with Crippen LogP contribution in [-0.4, -0.2) is 59.6 Å². The largest absolute Gasteiger partial charge is 0.507 e. The number of H-pyrrole nitrogens is 1. The van der Waals surface area contributed by atoms with E-state index in [-0.39, 0.29) is 11.7 Å². The molecule has 2 N–H and O–H groups in total. The Labute approximate surface area is 209 Å². The molecule has 1 aliphatic rings. The van der Waals surface area contributed by atoms with Crippen molar-refractivity contribution in [1.29, 1.82) is 0 Å². The number of phenolic OH excluding ortho intramolecular Hbond substituents is 1. The molecule has 0 spiro atoms. The predicted molar refractivity (Wildman–Crippen MR) is 133 cm³/mol.